The number of methoxy groups -OCH3 is 1. The summed E-state index contributed by atoms with van der Waals surface area (Å²) in [5.41, 5.74) is 2.49. The van der Waals surface area contributed by atoms with E-state index in [9.17, 15) is 13.2 Å². The number of ether oxygens (including phenoxy) is 1. The standard InChI is InChI=1S/C27H37N3O4S/c1-21-12-16-30(17-13-21)35(32,33)24-10-11-26(34-2)25(18-24)27(31)28-19-22-6-8-23(9-7-22)20-29-14-4-3-5-15-29/h6-11,18,21H,3-5,12-17,19-20H2,1-2H3,(H,28,31). The maximum Gasteiger partial charge on any atom is 0.255 e. The van der Waals surface area contributed by atoms with E-state index in [-0.39, 0.29) is 16.4 Å². The molecule has 8 heteroatoms. The van der Waals surface area contributed by atoms with Crippen molar-refractivity contribution < 1.29 is 17.9 Å². The molecule has 0 spiro atoms. The van der Waals surface area contributed by atoms with Gasteiger partial charge in [0.25, 0.3) is 5.91 Å². The van der Waals surface area contributed by atoms with Gasteiger partial charge in [-0.05, 0) is 74.0 Å². The summed E-state index contributed by atoms with van der Waals surface area (Å²) in [6.45, 7) is 6.78. The summed E-state index contributed by atoms with van der Waals surface area (Å²) in [5.74, 6) is 0.520. The highest BCUT2D eigenvalue weighted by Crippen LogP contribution is 2.27. The minimum Gasteiger partial charge on any atom is -0.496 e. The topological polar surface area (TPSA) is 79.0 Å². The number of carbonyl (C=O) groups excluding carboxylic acids is 1. The van der Waals surface area contributed by atoms with E-state index in [4.69, 9.17) is 4.74 Å². The van der Waals surface area contributed by atoms with Crippen molar-refractivity contribution in [3.8, 4) is 5.75 Å². The van der Waals surface area contributed by atoms with Crippen LogP contribution in [0.2, 0.25) is 0 Å². The first-order chi connectivity index (χ1) is 16.9. The average Bonchev–Trinajstić information content (AvgIpc) is 2.88. The molecule has 0 saturated carbocycles. The molecule has 2 saturated heterocycles. The van der Waals surface area contributed by atoms with Gasteiger partial charge in [0, 0.05) is 26.2 Å². The summed E-state index contributed by atoms with van der Waals surface area (Å²) < 4.78 is 33.2. The molecule has 2 heterocycles. The molecule has 0 atom stereocenters. The van der Waals surface area contributed by atoms with Gasteiger partial charge in [0.05, 0.1) is 17.6 Å². The highest BCUT2D eigenvalue weighted by atomic mass is 32.2. The summed E-state index contributed by atoms with van der Waals surface area (Å²) in [6, 6.07) is 12.8. The Bertz CT molecular complexity index is 1100. The zero-order valence-corrected chi connectivity index (χ0v) is 21.6. The van der Waals surface area contributed by atoms with Crippen LogP contribution in [-0.2, 0) is 23.1 Å². The Morgan fingerprint density at radius 1 is 0.971 bits per heavy atom. The van der Waals surface area contributed by atoms with Crippen LogP contribution < -0.4 is 10.1 Å². The van der Waals surface area contributed by atoms with Crippen molar-refractivity contribution in [2.45, 2.75) is 57.0 Å². The van der Waals surface area contributed by atoms with Gasteiger partial charge in [-0.1, -0.05) is 37.6 Å². The molecule has 2 aliphatic rings. The monoisotopic (exact) mass is 499 g/mol. The fraction of sp³-hybridized carbons (Fsp3) is 0.519. The van der Waals surface area contributed by atoms with E-state index < -0.39 is 10.0 Å². The van der Waals surface area contributed by atoms with E-state index in [0.29, 0.717) is 31.3 Å². The summed E-state index contributed by atoms with van der Waals surface area (Å²) in [7, 11) is -2.18. The normalized spacial score (nSPS) is 18.3. The van der Waals surface area contributed by atoms with Crippen LogP contribution >= 0.6 is 0 Å². The van der Waals surface area contributed by atoms with Gasteiger partial charge in [-0.2, -0.15) is 4.31 Å². The van der Waals surface area contributed by atoms with Crippen molar-refractivity contribution in [1.29, 1.82) is 0 Å². The summed E-state index contributed by atoms with van der Waals surface area (Å²) in [6.07, 6.45) is 5.56. The lowest BCUT2D eigenvalue weighted by Gasteiger charge is -2.29. The first-order valence-corrected chi connectivity index (χ1v) is 14.1. The number of nitrogens with one attached hydrogen (secondary N) is 1. The van der Waals surface area contributed by atoms with Gasteiger partial charge in [0.1, 0.15) is 5.75 Å². The second kappa shape index (κ2) is 11.5. The number of benzene rings is 2. The zero-order valence-electron chi connectivity index (χ0n) is 20.8. The fourth-order valence-corrected chi connectivity index (χ4v) is 6.31. The first-order valence-electron chi connectivity index (χ1n) is 12.6. The van der Waals surface area contributed by atoms with Crippen LogP contribution in [0.15, 0.2) is 47.4 Å². The Balaban J connectivity index is 1.41. The molecule has 0 bridgehead atoms. The third kappa shape index (κ3) is 6.42. The van der Waals surface area contributed by atoms with Gasteiger partial charge in [-0.25, -0.2) is 8.42 Å². The lowest BCUT2D eigenvalue weighted by molar-refractivity contribution is 0.0947. The predicted octanol–water partition coefficient (Wildman–Crippen LogP) is 4.03. The van der Waals surface area contributed by atoms with Crippen LogP contribution in [0, 0.1) is 5.92 Å². The number of piperidine rings is 2. The van der Waals surface area contributed by atoms with Gasteiger partial charge < -0.3 is 10.1 Å². The molecule has 4 rings (SSSR count). The molecule has 0 unspecified atom stereocenters. The van der Waals surface area contributed by atoms with Gasteiger partial charge in [0.15, 0.2) is 0 Å². The molecule has 35 heavy (non-hydrogen) atoms. The van der Waals surface area contributed by atoms with E-state index in [1.54, 1.807) is 6.07 Å². The van der Waals surface area contributed by atoms with Crippen molar-refractivity contribution in [2.75, 3.05) is 33.3 Å². The van der Waals surface area contributed by atoms with Crippen LogP contribution in [0.25, 0.3) is 0 Å². The second-order valence-corrected chi connectivity index (χ2v) is 11.7. The Kier molecular flexibility index (Phi) is 8.46. The molecule has 0 aromatic heterocycles. The quantitative estimate of drug-likeness (QED) is 0.593. The van der Waals surface area contributed by atoms with E-state index in [2.05, 4.69) is 29.3 Å². The number of likely N-dealkylation sites (tertiary alicyclic amines) is 1. The first kappa shape index (κ1) is 25.7. The maximum atomic E-state index is 13.2. The van der Waals surface area contributed by atoms with Crippen LogP contribution in [0.3, 0.4) is 0 Å². The van der Waals surface area contributed by atoms with Gasteiger partial charge in [-0.3, -0.25) is 9.69 Å². The molecular weight excluding hydrogens is 462 g/mol. The maximum absolute atomic E-state index is 13.2. The van der Waals surface area contributed by atoms with Crippen LogP contribution in [0.1, 0.15) is 60.5 Å². The number of carbonyl (C=O) groups is 1. The highest BCUT2D eigenvalue weighted by Gasteiger charge is 2.29. The van der Waals surface area contributed by atoms with Crippen molar-refractivity contribution in [1.82, 2.24) is 14.5 Å². The molecule has 2 aromatic rings. The van der Waals surface area contributed by atoms with Crippen LogP contribution in [0.4, 0.5) is 0 Å². The fourth-order valence-electron chi connectivity index (χ4n) is 4.82. The highest BCUT2D eigenvalue weighted by molar-refractivity contribution is 7.89. The van der Waals surface area contributed by atoms with Crippen LogP contribution in [-0.4, -0.2) is 56.8 Å². The SMILES string of the molecule is COc1ccc(S(=O)(=O)N2CCC(C)CC2)cc1C(=O)NCc1ccc(CN2CCCCC2)cc1. The number of rotatable bonds is 8. The van der Waals surface area contributed by atoms with Gasteiger partial charge in [-0.15, -0.1) is 0 Å². The molecule has 2 aromatic carbocycles. The summed E-state index contributed by atoms with van der Waals surface area (Å²) in [4.78, 5) is 15.6. The number of sulfonamides is 1. The van der Waals surface area contributed by atoms with Crippen molar-refractivity contribution in [3.63, 3.8) is 0 Å². The summed E-state index contributed by atoms with van der Waals surface area (Å²) in [5, 5.41) is 2.92. The van der Waals surface area contributed by atoms with E-state index in [1.165, 1.54) is 48.4 Å². The zero-order chi connectivity index (χ0) is 24.8. The lowest BCUT2D eigenvalue weighted by Crippen LogP contribution is -2.38. The lowest BCUT2D eigenvalue weighted by atomic mass is 10.0. The Morgan fingerprint density at radius 2 is 1.63 bits per heavy atom. The molecular formula is C27H37N3O4S. The average molecular weight is 500 g/mol. The molecule has 2 aliphatic heterocycles. The van der Waals surface area contributed by atoms with Gasteiger partial charge >= 0.3 is 0 Å². The molecule has 1 N–H and O–H groups in total. The summed E-state index contributed by atoms with van der Waals surface area (Å²) >= 11 is 0. The number of nitrogens with zero attached hydrogens (tertiary/aromatic N) is 2. The van der Waals surface area contributed by atoms with E-state index in [1.807, 2.05) is 12.1 Å². The Hall–Kier alpha value is -2.42. The van der Waals surface area contributed by atoms with E-state index in [0.717, 1.165) is 38.0 Å². The Morgan fingerprint density at radius 3 is 2.29 bits per heavy atom. The molecule has 190 valence electrons. The largest absolute Gasteiger partial charge is 0.496 e. The predicted molar refractivity (Wildman–Crippen MR) is 137 cm³/mol. The molecule has 1 amide bonds. The second-order valence-electron chi connectivity index (χ2n) is 9.78. The minimum atomic E-state index is -3.66. The Labute approximate surface area is 209 Å². The number of hydrogen-bond acceptors (Lipinski definition) is 5. The third-order valence-electron chi connectivity index (χ3n) is 7.13. The molecule has 2 fully saturated rings. The van der Waals surface area contributed by atoms with E-state index >= 15 is 0 Å². The molecule has 0 aliphatic carbocycles. The third-order valence-corrected chi connectivity index (χ3v) is 9.02. The van der Waals surface area contributed by atoms with Crippen molar-refractivity contribution >= 4 is 15.9 Å². The minimum absolute atomic E-state index is 0.125. The smallest absolute Gasteiger partial charge is 0.255 e. The van der Waals surface area contributed by atoms with Crippen LogP contribution in [0.5, 0.6) is 5.75 Å². The van der Waals surface area contributed by atoms with Gasteiger partial charge in [0.2, 0.25) is 10.0 Å². The molecule has 7 nitrogen and oxygen atoms in total. The van der Waals surface area contributed by atoms with Crippen molar-refractivity contribution in [3.05, 3.63) is 59.2 Å². The molecule has 0 radical (unpaired) electrons. The number of hydrogen-bond donors (Lipinski definition) is 1. The van der Waals surface area contributed by atoms with Crippen molar-refractivity contribution in [2.24, 2.45) is 5.92 Å². The number of amides is 1.